The van der Waals surface area contributed by atoms with E-state index in [1.807, 2.05) is 0 Å². The minimum absolute atomic E-state index is 0.000509. The Morgan fingerprint density at radius 2 is 1.96 bits per heavy atom. The third-order valence-corrected chi connectivity index (χ3v) is 5.48. The van der Waals surface area contributed by atoms with Crippen molar-refractivity contribution in [3.63, 3.8) is 0 Å². The summed E-state index contributed by atoms with van der Waals surface area (Å²) < 4.78 is 2.13. The number of amides is 3. The van der Waals surface area contributed by atoms with Crippen molar-refractivity contribution in [2.45, 2.75) is 57.5 Å². The minimum atomic E-state index is -0.154. The number of hydrogen-bond acceptors (Lipinski definition) is 4. The Balaban J connectivity index is 1.54. The lowest BCUT2D eigenvalue weighted by Gasteiger charge is -2.33. The molecule has 8 nitrogen and oxygen atoms in total. The molecule has 26 heavy (non-hydrogen) atoms. The smallest absolute Gasteiger partial charge is 0.319 e. The largest absolute Gasteiger partial charge is 0.348 e. The van der Waals surface area contributed by atoms with E-state index in [-0.39, 0.29) is 17.9 Å². The molecule has 1 aromatic heterocycles. The van der Waals surface area contributed by atoms with E-state index < -0.39 is 0 Å². The maximum Gasteiger partial charge on any atom is 0.319 e. The number of nitrogens with zero attached hydrogens (tertiary/aromatic N) is 5. The fourth-order valence-electron chi connectivity index (χ4n) is 4.02. The highest BCUT2D eigenvalue weighted by Crippen LogP contribution is 2.28. The average molecular weight is 362 g/mol. The van der Waals surface area contributed by atoms with Gasteiger partial charge in [-0.1, -0.05) is 19.3 Å². The van der Waals surface area contributed by atoms with Crippen LogP contribution < -0.4 is 5.32 Å². The van der Waals surface area contributed by atoms with Crippen molar-refractivity contribution >= 4 is 11.9 Å². The topological polar surface area (TPSA) is 83.4 Å². The molecule has 2 heterocycles. The molecule has 2 aliphatic rings. The second kappa shape index (κ2) is 8.51. The van der Waals surface area contributed by atoms with Crippen LogP contribution in [0.1, 0.15) is 56.8 Å². The van der Waals surface area contributed by atoms with Crippen molar-refractivity contribution in [1.82, 2.24) is 29.9 Å². The predicted molar refractivity (Wildman–Crippen MR) is 97.4 cm³/mol. The first kappa shape index (κ1) is 18.7. The van der Waals surface area contributed by atoms with Gasteiger partial charge in [0.25, 0.3) is 0 Å². The molecule has 1 saturated heterocycles. The summed E-state index contributed by atoms with van der Waals surface area (Å²) in [6.45, 7) is 1.60. The van der Waals surface area contributed by atoms with Gasteiger partial charge < -0.3 is 19.7 Å². The van der Waals surface area contributed by atoms with E-state index >= 15 is 0 Å². The minimum Gasteiger partial charge on any atom is -0.348 e. The number of rotatable bonds is 4. The molecule has 1 saturated carbocycles. The highest BCUT2D eigenvalue weighted by molar-refractivity contribution is 5.80. The zero-order valence-electron chi connectivity index (χ0n) is 15.9. The van der Waals surface area contributed by atoms with Gasteiger partial charge in [-0.15, -0.1) is 10.2 Å². The van der Waals surface area contributed by atoms with Crippen molar-refractivity contribution in [3.8, 4) is 0 Å². The molecule has 0 radical (unpaired) electrons. The zero-order valence-corrected chi connectivity index (χ0v) is 15.9. The number of carbonyl (C=O) groups excluding carboxylic acids is 2. The van der Waals surface area contributed by atoms with E-state index in [2.05, 4.69) is 20.1 Å². The number of nitrogens with one attached hydrogen (secondary N) is 1. The Labute approximate surface area is 154 Å². The first-order valence-electron chi connectivity index (χ1n) is 9.68. The molecular formula is C18H30N6O2. The Morgan fingerprint density at radius 3 is 2.69 bits per heavy atom. The molecule has 3 rings (SSSR count). The Bertz CT molecular complexity index is 623. The van der Waals surface area contributed by atoms with E-state index in [0.29, 0.717) is 19.1 Å². The van der Waals surface area contributed by atoms with E-state index in [4.69, 9.17) is 0 Å². The van der Waals surface area contributed by atoms with E-state index in [1.165, 1.54) is 19.3 Å². The quantitative estimate of drug-likeness (QED) is 0.885. The average Bonchev–Trinajstić information content (AvgIpc) is 3.14. The molecule has 2 fully saturated rings. The number of urea groups is 1. The van der Waals surface area contributed by atoms with Crippen LogP contribution in [0, 0.1) is 5.92 Å². The second-order valence-corrected chi connectivity index (χ2v) is 7.63. The molecular weight excluding hydrogens is 332 g/mol. The fraction of sp³-hybridized carbons (Fsp3) is 0.778. The Kier molecular flexibility index (Phi) is 6.11. The van der Waals surface area contributed by atoms with Gasteiger partial charge in [-0.25, -0.2) is 4.79 Å². The molecule has 0 bridgehead atoms. The maximum atomic E-state index is 12.6. The SMILES string of the molecule is CN(C)C(=O)N1CCC[C@@H](C(=O)NCc2nncn2C2CCCCC2)C1. The van der Waals surface area contributed by atoms with Crippen molar-refractivity contribution in [3.05, 3.63) is 12.2 Å². The van der Waals surface area contributed by atoms with Crippen LogP contribution in [0.5, 0.6) is 0 Å². The van der Waals surface area contributed by atoms with Crippen LogP contribution in [0.15, 0.2) is 6.33 Å². The molecule has 0 spiro atoms. The summed E-state index contributed by atoms with van der Waals surface area (Å²) in [7, 11) is 3.48. The van der Waals surface area contributed by atoms with Crippen LogP contribution >= 0.6 is 0 Å². The van der Waals surface area contributed by atoms with Crippen molar-refractivity contribution in [2.75, 3.05) is 27.2 Å². The molecule has 1 aliphatic carbocycles. The summed E-state index contributed by atoms with van der Waals surface area (Å²) in [5, 5.41) is 11.3. The van der Waals surface area contributed by atoms with Gasteiger partial charge >= 0.3 is 6.03 Å². The summed E-state index contributed by atoms with van der Waals surface area (Å²) in [4.78, 5) is 28.1. The van der Waals surface area contributed by atoms with Gasteiger partial charge in [-0.3, -0.25) is 4.79 Å². The standard InChI is InChI=1S/C18H30N6O2/c1-22(2)18(26)23-10-6-7-14(12-23)17(25)19-11-16-21-20-13-24(16)15-8-4-3-5-9-15/h13-15H,3-12H2,1-2H3,(H,19,25)/t14-/m1/s1. The van der Waals surface area contributed by atoms with Crippen LogP contribution in [-0.2, 0) is 11.3 Å². The van der Waals surface area contributed by atoms with Gasteiger partial charge in [0, 0.05) is 33.2 Å². The summed E-state index contributed by atoms with van der Waals surface area (Å²) >= 11 is 0. The molecule has 0 aromatic carbocycles. The molecule has 1 atom stereocenters. The Hall–Kier alpha value is -2.12. The van der Waals surface area contributed by atoms with Crippen LogP contribution in [0.3, 0.4) is 0 Å². The summed E-state index contributed by atoms with van der Waals surface area (Å²) in [6.07, 6.45) is 9.56. The number of hydrogen-bond donors (Lipinski definition) is 1. The highest BCUT2D eigenvalue weighted by Gasteiger charge is 2.29. The van der Waals surface area contributed by atoms with E-state index in [0.717, 1.165) is 38.1 Å². The Morgan fingerprint density at radius 1 is 1.19 bits per heavy atom. The van der Waals surface area contributed by atoms with Crippen LogP contribution in [0.4, 0.5) is 4.79 Å². The van der Waals surface area contributed by atoms with Crippen molar-refractivity contribution in [2.24, 2.45) is 5.92 Å². The van der Waals surface area contributed by atoms with E-state index in [1.54, 1.807) is 30.2 Å². The van der Waals surface area contributed by atoms with E-state index in [9.17, 15) is 9.59 Å². The van der Waals surface area contributed by atoms with Crippen molar-refractivity contribution in [1.29, 1.82) is 0 Å². The lowest BCUT2D eigenvalue weighted by Crippen LogP contribution is -2.48. The van der Waals surface area contributed by atoms with Gasteiger partial charge in [-0.05, 0) is 25.7 Å². The maximum absolute atomic E-state index is 12.6. The van der Waals surface area contributed by atoms with Crippen LogP contribution in [0.2, 0.25) is 0 Å². The normalized spacial score (nSPS) is 21.5. The molecule has 1 aliphatic heterocycles. The summed E-state index contributed by atoms with van der Waals surface area (Å²) in [6, 6.07) is 0.424. The molecule has 1 aromatic rings. The molecule has 3 amide bonds. The molecule has 0 unspecified atom stereocenters. The van der Waals surface area contributed by atoms with Gasteiger partial charge in [0.2, 0.25) is 5.91 Å². The molecule has 1 N–H and O–H groups in total. The lowest BCUT2D eigenvalue weighted by atomic mass is 9.95. The van der Waals surface area contributed by atoms with Gasteiger partial charge in [0.1, 0.15) is 6.33 Å². The van der Waals surface area contributed by atoms with Gasteiger partial charge in [-0.2, -0.15) is 0 Å². The summed E-state index contributed by atoms with van der Waals surface area (Å²) in [5.74, 6) is 0.667. The highest BCUT2D eigenvalue weighted by atomic mass is 16.2. The predicted octanol–water partition coefficient (Wildman–Crippen LogP) is 1.79. The van der Waals surface area contributed by atoms with Gasteiger partial charge in [0.05, 0.1) is 12.5 Å². The fourth-order valence-corrected chi connectivity index (χ4v) is 4.02. The lowest BCUT2D eigenvalue weighted by molar-refractivity contribution is -0.126. The number of carbonyl (C=O) groups is 2. The number of aromatic nitrogens is 3. The zero-order chi connectivity index (χ0) is 18.5. The van der Waals surface area contributed by atoms with Crippen LogP contribution in [0.25, 0.3) is 0 Å². The van der Waals surface area contributed by atoms with Crippen molar-refractivity contribution < 1.29 is 9.59 Å². The first-order valence-corrected chi connectivity index (χ1v) is 9.68. The molecule has 8 heteroatoms. The third kappa shape index (κ3) is 4.34. The van der Waals surface area contributed by atoms with Gasteiger partial charge in [0.15, 0.2) is 5.82 Å². The summed E-state index contributed by atoms with van der Waals surface area (Å²) in [5.41, 5.74) is 0. The molecule has 144 valence electrons. The monoisotopic (exact) mass is 362 g/mol. The third-order valence-electron chi connectivity index (χ3n) is 5.48. The number of piperidine rings is 1. The second-order valence-electron chi connectivity index (χ2n) is 7.63. The van der Waals surface area contributed by atoms with Crippen LogP contribution in [-0.4, -0.2) is 63.7 Å². The first-order chi connectivity index (χ1) is 12.6. The number of likely N-dealkylation sites (tertiary alicyclic amines) is 1.